The summed E-state index contributed by atoms with van der Waals surface area (Å²) < 4.78 is 5.59. The van der Waals surface area contributed by atoms with E-state index in [2.05, 4.69) is 10.9 Å². The zero-order valence-corrected chi connectivity index (χ0v) is 7.28. The molecule has 1 aromatic heterocycles. The molecule has 1 aromatic rings. The molecule has 0 unspecified atom stereocenters. The first-order valence-electron chi connectivity index (χ1n) is 2.94. The van der Waals surface area contributed by atoms with E-state index < -0.39 is 0 Å². The lowest BCUT2D eigenvalue weighted by Crippen LogP contribution is -1.89. The summed E-state index contributed by atoms with van der Waals surface area (Å²) in [6, 6.07) is 0. The fraction of sp³-hybridized carbons (Fsp3) is 0.286. The van der Waals surface area contributed by atoms with Crippen molar-refractivity contribution in [3.63, 3.8) is 0 Å². The van der Waals surface area contributed by atoms with Crippen LogP contribution in [0.1, 0.15) is 4.88 Å². The van der Waals surface area contributed by atoms with Gasteiger partial charge in [0, 0.05) is 6.20 Å². The van der Waals surface area contributed by atoms with Gasteiger partial charge in [-0.2, -0.15) is 0 Å². The van der Waals surface area contributed by atoms with Gasteiger partial charge in [0.2, 0.25) is 0 Å². The molecule has 0 fully saturated rings. The molecule has 1 rings (SSSR count). The van der Waals surface area contributed by atoms with Gasteiger partial charge in [-0.1, -0.05) is 17.5 Å². The maximum absolute atomic E-state index is 5.58. The number of ether oxygens (including phenoxy) is 1. The van der Waals surface area contributed by atoms with Gasteiger partial charge in [0.25, 0.3) is 0 Å². The number of aromatic nitrogens is 1. The van der Waals surface area contributed by atoms with Crippen molar-refractivity contribution in [1.29, 1.82) is 0 Å². The molecule has 0 radical (unpaired) electrons. The molecule has 1 heterocycles. The third kappa shape index (κ3) is 2.89. The van der Waals surface area contributed by atoms with Gasteiger partial charge < -0.3 is 4.74 Å². The molecule has 0 aliphatic carbocycles. The molecule has 0 atom stereocenters. The normalized spacial score (nSPS) is 9.45. The summed E-state index contributed by atoms with van der Waals surface area (Å²) in [5.74, 6) is 2.37. The Morgan fingerprint density at radius 3 is 3.18 bits per heavy atom. The van der Waals surface area contributed by atoms with Gasteiger partial charge in [0.05, 0.1) is 11.5 Å². The fourth-order valence-electron chi connectivity index (χ4n) is 0.561. The largest absolute Gasteiger partial charge is 0.363 e. The van der Waals surface area contributed by atoms with E-state index in [0.717, 1.165) is 4.88 Å². The van der Waals surface area contributed by atoms with Crippen molar-refractivity contribution < 1.29 is 4.74 Å². The van der Waals surface area contributed by atoms with Crippen molar-refractivity contribution in [2.75, 3.05) is 6.61 Å². The first-order chi connectivity index (χ1) is 5.33. The molecule has 0 amide bonds. The van der Waals surface area contributed by atoms with Crippen LogP contribution < -0.4 is 0 Å². The van der Waals surface area contributed by atoms with Gasteiger partial charge in [0.1, 0.15) is 6.61 Å². The van der Waals surface area contributed by atoms with E-state index in [1.165, 1.54) is 11.3 Å². The minimum absolute atomic E-state index is 0.329. The number of hydrogen-bond donors (Lipinski definition) is 0. The number of nitrogens with zero attached hydrogens (tertiary/aromatic N) is 1. The lowest BCUT2D eigenvalue weighted by Gasteiger charge is -1.93. The minimum Gasteiger partial charge on any atom is -0.363 e. The summed E-state index contributed by atoms with van der Waals surface area (Å²) in [7, 11) is 0. The molecule has 11 heavy (non-hydrogen) atoms. The van der Waals surface area contributed by atoms with Gasteiger partial charge in [-0.05, 0) is 0 Å². The third-order valence-corrected chi connectivity index (χ3v) is 2.04. The van der Waals surface area contributed by atoms with Gasteiger partial charge >= 0.3 is 0 Å². The van der Waals surface area contributed by atoms with Crippen molar-refractivity contribution >= 4 is 22.9 Å². The average molecular weight is 188 g/mol. The Hall–Kier alpha value is -0.560. The standard InChI is InChI=1S/C7H6ClNOS/c1-2-3-10-5-6-4-9-7(8)11-6/h1,4H,3,5H2. The summed E-state index contributed by atoms with van der Waals surface area (Å²) in [5.41, 5.74) is 0. The molecule has 0 bridgehead atoms. The van der Waals surface area contributed by atoms with E-state index in [1.807, 2.05) is 0 Å². The van der Waals surface area contributed by atoms with Crippen molar-refractivity contribution in [1.82, 2.24) is 4.98 Å². The number of rotatable bonds is 3. The maximum Gasteiger partial charge on any atom is 0.183 e. The second-order valence-electron chi connectivity index (χ2n) is 1.78. The zero-order chi connectivity index (χ0) is 8.10. The Morgan fingerprint density at radius 1 is 1.82 bits per heavy atom. The number of halogens is 1. The summed E-state index contributed by atoms with van der Waals surface area (Å²) in [6.45, 7) is 0.824. The van der Waals surface area contributed by atoms with Crippen LogP contribution in [0.5, 0.6) is 0 Å². The highest BCUT2D eigenvalue weighted by atomic mass is 35.5. The summed E-state index contributed by atoms with van der Waals surface area (Å²) >= 11 is 6.98. The SMILES string of the molecule is C#CCOCc1cnc(Cl)s1. The van der Waals surface area contributed by atoms with Crippen LogP contribution in [0.3, 0.4) is 0 Å². The van der Waals surface area contributed by atoms with Crippen LogP contribution in [0.4, 0.5) is 0 Å². The number of hydrogen-bond acceptors (Lipinski definition) is 3. The molecule has 0 aromatic carbocycles. The lowest BCUT2D eigenvalue weighted by atomic mass is 10.6. The van der Waals surface area contributed by atoms with Gasteiger partial charge in [-0.15, -0.1) is 17.8 Å². The van der Waals surface area contributed by atoms with Gasteiger partial charge in [0.15, 0.2) is 4.47 Å². The summed E-state index contributed by atoms with van der Waals surface area (Å²) in [6.07, 6.45) is 6.67. The highest BCUT2D eigenvalue weighted by Crippen LogP contribution is 2.17. The second kappa shape index (κ2) is 4.35. The summed E-state index contributed by atoms with van der Waals surface area (Å²) in [5, 5.41) is 0. The van der Waals surface area contributed by atoms with Crippen LogP contribution in [0.25, 0.3) is 0 Å². The first-order valence-corrected chi connectivity index (χ1v) is 4.14. The molecular formula is C7H6ClNOS. The molecular weight excluding hydrogens is 182 g/mol. The molecule has 0 saturated heterocycles. The molecule has 58 valence electrons. The van der Waals surface area contributed by atoms with Crippen LogP contribution in [-0.4, -0.2) is 11.6 Å². The molecule has 2 nitrogen and oxygen atoms in total. The lowest BCUT2D eigenvalue weighted by molar-refractivity contribution is 0.156. The van der Waals surface area contributed by atoms with E-state index in [4.69, 9.17) is 22.8 Å². The predicted molar refractivity (Wildman–Crippen MR) is 45.6 cm³/mol. The van der Waals surface area contributed by atoms with Crippen molar-refractivity contribution in [2.45, 2.75) is 6.61 Å². The van der Waals surface area contributed by atoms with Gasteiger partial charge in [-0.3, -0.25) is 0 Å². The monoisotopic (exact) mass is 187 g/mol. The van der Waals surface area contributed by atoms with Gasteiger partial charge in [-0.25, -0.2) is 4.98 Å². The number of terminal acetylenes is 1. The highest BCUT2D eigenvalue weighted by molar-refractivity contribution is 7.15. The van der Waals surface area contributed by atoms with E-state index in [9.17, 15) is 0 Å². The van der Waals surface area contributed by atoms with E-state index in [1.54, 1.807) is 6.20 Å². The fourth-order valence-corrected chi connectivity index (χ4v) is 1.48. The van der Waals surface area contributed by atoms with Crippen LogP contribution in [0.15, 0.2) is 6.20 Å². The zero-order valence-electron chi connectivity index (χ0n) is 5.71. The Balaban J connectivity index is 2.34. The predicted octanol–water partition coefficient (Wildman–Crippen LogP) is 1.95. The Morgan fingerprint density at radius 2 is 2.64 bits per heavy atom. The maximum atomic E-state index is 5.58. The van der Waals surface area contributed by atoms with Crippen LogP contribution in [0, 0.1) is 12.3 Å². The topological polar surface area (TPSA) is 22.1 Å². The van der Waals surface area contributed by atoms with E-state index in [0.29, 0.717) is 17.7 Å². The van der Waals surface area contributed by atoms with Crippen molar-refractivity contribution in [3.05, 3.63) is 15.5 Å². The summed E-state index contributed by atoms with van der Waals surface area (Å²) in [4.78, 5) is 4.84. The molecule has 0 spiro atoms. The third-order valence-electron chi connectivity index (χ3n) is 0.955. The molecule has 0 N–H and O–H groups in total. The molecule has 0 aliphatic rings. The molecule has 4 heteroatoms. The average Bonchev–Trinajstić information content (AvgIpc) is 2.37. The van der Waals surface area contributed by atoms with Crippen LogP contribution in [-0.2, 0) is 11.3 Å². The van der Waals surface area contributed by atoms with Crippen molar-refractivity contribution in [3.8, 4) is 12.3 Å². The van der Waals surface area contributed by atoms with Crippen LogP contribution >= 0.6 is 22.9 Å². The second-order valence-corrected chi connectivity index (χ2v) is 3.47. The minimum atomic E-state index is 0.329. The quantitative estimate of drug-likeness (QED) is 0.533. The molecule has 0 saturated carbocycles. The van der Waals surface area contributed by atoms with Crippen molar-refractivity contribution in [2.24, 2.45) is 0 Å². The van der Waals surface area contributed by atoms with E-state index >= 15 is 0 Å². The smallest absolute Gasteiger partial charge is 0.183 e. The first kappa shape index (κ1) is 8.54. The van der Waals surface area contributed by atoms with E-state index in [-0.39, 0.29) is 0 Å². The Labute approximate surface area is 74.2 Å². The Bertz CT molecular complexity index is 266. The molecule has 0 aliphatic heterocycles. The van der Waals surface area contributed by atoms with Crippen LogP contribution in [0.2, 0.25) is 4.47 Å². The highest BCUT2D eigenvalue weighted by Gasteiger charge is 1.97. The number of thiazole rings is 1. The Kier molecular flexibility index (Phi) is 3.37.